The molecule has 0 N–H and O–H groups in total. The fraction of sp³-hybridized carbons (Fsp3) is 0.714. The van der Waals surface area contributed by atoms with Gasteiger partial charge in [0.05, 0.1) is 0 Å². The fourth-order valence-corrected chi connectivity index (χ4v) is 1.96. The molecule has 1 aromatic rings. The summed E-state index contributed by atoms with van der Waals surface area (Å²) in [5.41, 5.74) is 1.49. The molecule has 2 heteroatoms. The van der Waals surface area contributed by atoms with Crippen molar-refractivity contribution in [1.29, 1.82) is 0 Å². The average Bonchev–Trinajstić information content (AvgIpc) is 2.66. The van der Waals surface area contributed by atoms with Crippen molar-refractivity contribution >= 4 is 12.4 Å². The molecule has 0 radical (unpaired) electrons. The molecule has 16 heavy (non-hydrogen) atoms. The summed E-state index contributed by atoms with van der Waals surface area (Å²) in [5, 5.41) is 0. The highest BCUT2D eigenvalue weighted by Crippen LogP contribution is 2.08. The predicted molar refractivity (Wildman–Crippen MR) is 74.4 cm³/mol. The van der Waals surface area contributed by atoms with Gasteiger partial charge in [0.2, 0.25) is 0 Å². The van der Waals surface area contributed by atoms with E-state index < -0.39 is 0 Å². The van der Waals surface area contributed by atoms with Crippen molar-refractivity contribution in [3.63, 3.8) is 0 Å². The third-order valence-electron chi connectivity index (χ3n) is 2.87. The average molecular weight is 244 g/mol. The largest absolute Gasteiger partial charge is 0.354 e. The van der Waals surface area contributed by atoms with Crippen molar-refractivity contribution in [3.05, 3.63) is 24.0 Å². The van der Waals surface area contributed by atoms with Gasteiger partial charge in [0.1, 0.15) is 0 Å². The van der Waals surface area contributed by atoms with Crippen LogP contribution >= 0.6 is 12.4 Å². The SMILES string of the molecule is CCCCCCCn1ccc(CCC)c1.Cl. The van der Waals surface area contributed by atoms with Crippen molar-refractivity contribution in [3.8, 4) is 0 Å². The van der Waals surface area contributed by atoms with Crippen LogP contribution in [0.25, 0.3) is 0 Å². The fourth-order valence-electron chi connectivity index (χ4n) is 1.96. The predicted octanol–water partition coefficient (Wildman–Crippen LogP) is 4.83. The van der Waals surface area contributed by atoms with Gasteiger partial charge in [-0.3, -0.25) is 0 Å². The van der Waals surface area contributed by atoms with Crippen LogP contribution in [0.4, 0.5) is 0 Å². The molecule has 0 aliphatic rings. The molecular formula is C14H26ClN. The lowest BCUT2D eigenvalue weighted by molar-refractivity contribution is 0.569. The summed E-state index contributed by atoms with van der Waals surface area (Å²) in [5.74, 6) is 0. The van der Waals surface area contributed by atoms with Gasteiger partial charge in [-0.1, -0.05) is 46.0 Å². The molecule has 1 nitrogen and oxygen atoms in total. The number of aryl methyl sites for hydroxylation is 2. The second kappa shape index (κ2) is 9.77. The van der Waals surface area contributed by atoms with Crippen LogP contribution in [0.2, 0.25) is 0 Å². The van der Waals surface area contributed by atoms with Crippen molar-refractivity contribution in [2.45, 2.75) is 65.3 Å². The molecule has 1 heterocycles. The molecule has 1 rings (SSSR count). The topological polar surface area (TPSA) is 4.93 Å². The lowest BCUT2D eigenvalue weighted by Gasteiger charge is -2.02. The second-order valence-electron chi connectivity index (χ2n) is 4.42. The third-order valence-corrected chi connectivity index (χ3v) is 2.87. The Bertz CT molecular complexity index is 255. The maximum Gasteiger partial charge on any atom is 0.0219 e. The molecule has 94 valence electrons. The molecule has 0 atom stereocenters. The van der Waals surface area contributed by atoms with Gasteiger partial charge in [-0.05, 0) is 24.5 Å². The van der Waals surface area contributed by atoms with Crippen LogP contribution in [0, 0.1) is 0 Å². The lowest BCUT2D eigenvalue weighted by Crippen LogP contribution is -1.94. The van der Waals surface area contributed by atoms with E-state index in [0.717, 1.165) is 0 Å². The van der Waals surface area contributed by atoms with E-state index >= 15 is 0 Å². The van der Waals surface area contributed by atoms with E-state index in [-0.39, 0.29) is 12.4 Å². The van der Waals surface area contributed by atoms with Crippen LogP contribution in [0.15, 0.2) is 18.5 Å². The Morgan fingerprint density at radius 3 is 2.44 bits per heavy atom. The highest BCUT2D eigenvalue weighted by Gasteiger charge is 1.95. The zero-order valence-electron chi connectivity index (χ0n) is 10.7. The number of nitrogens with zero attached hydrogens (tertiary/aromatic N) is 1. The van der Waals surface area contributed by atoms with Gasteiger partial charge in [0.25, 0.3) is 0 Å². The molecule has 0 aliphatic heterocycles. The molecule has 0 fully saturated rings. The number of hydrogen-bond donors (Lipinski definition) is 0. The summed E-state index contributed by atoms with van der Waals surface area (Å²) < 4.78 is 2.34. The van der Waals surface area contributed by atoms with Crippen LogP contribution in [-0.4, -0.2) is 4.57 Å². The van der Waals surface area contributed by atoms with Crippen molar-refractivity contribution in [1.82, 2.24) is 4.57 Å². The molecule has 0 saturated heterocycles. The van der Waals surface area contributed by atoms with Gasteiger partial charge in [0.15, 0.2) is 0 Å². The van der Waals surface area contributed by atoms with Gasteiger partial charge in [-0.25, -0.2) is 0 Å². The van der Waals surface area contributed by atoms with Gasteiger partial charge in [0, 0.05) is 18.9 Å². The first kappa shape index (κ1) is 15.6. The summed E-state index contributed by atoms with van der Waals surface area (Å²) in [6, 6.07) is 2.26. The van der Waals surface area contributed by atoms with E-state index in [2.05, 4.69) is 36.9 Å². The highest BCUT2D eigenvalue weighted by molar-refractivity contribution is 5.85. The summed E-state index contributed by atoms with van der Waals surface area (Å²) in [6.45, 7) is 5.71. The molecule has 0 unspecified atom stereocenters. The second-order valence-corrected chi connectivity index (χ2v) is 4.42. The van der Waals surface area contributed by atoms with Crippen LogP contribution in [0.3, 0.4) is 0 Å². The first-order valence-electron chi connectivity index (χ1n) is 6.51. The minimum Gasteiger partial charge on any atom is -0.354 e. The standard InChI is InChI=1S/C14H25N.ClH/c1-3-5-6-7-8-11-15-12-10-14(13-15)9-4-2;/h10,12-13H,3-9,11H2,1-2H3;1H. The van der Waals surface area contributed by atoms with Gasteiger partial charge < -0.3 is 4.57 Å². The Morgan fingerprint density at radius 2 is 1.75 bits per heavy atom. The van der Waals surface area contributed by atoms with Crippen molar-refractivity contribution < 1.29 is 0 Å². The van der Waals surface area contributed by atoms with Crippen molar-refractivity contribution in [2.24, 2.45) is 0 Å². The van der Waals surface area contributed by atoms with E-state index in [1.807, 2.05) is 0 Å². The number of unbranched alkanes of at least 4 members (excludes halogenated alkanes) is 4. The molecule has 0 saturated carbocycles. The Balaban J connectivity index is 0.00000225. The van der Waals surface area contributed by atoms with Gasteiger partial charge in [-0.2, -0.15) is 0 Å². The summed E-state index contributed by atoms with van der Waals surface area (Å²) >= 11 is 0. The third kappa shape index (κ3) is 6.22. The van der Waals surface area contributed by atoms with E-state index in [9.17, 15) is 0 Å². The molecule has 0 aromatic carbocycles. The smallest absolute Gasteiger partial charge is 0.0219 e. The molecule has 1 aromatic heterocycles. The Hall–Kier alpha value is -0.430. The first-order chi connectivity index (χ1) is 7.36. The number of aromatic nitrogens is 1. The first-order valence-corrected chi connectivity index (χ1v) is 6.51. The van der Waals surface area contributed by atoms with E-state index in [1.165, 1.54) is 57.1 Å². The molecule has 0 amide bonds. The Morgan fingerprint density at radius 1 is 1.00 bits per heavy atom. The Labute approximate surface area is 107 Å². The number of hydrogen-bond acceptors (Lipinski definition) is 0. The normalized spacial score (nSPS) is 10.1. The van der Waals surface area contributed by atoms with E-state index in [4.69, 9.17) is 0 Å². The lowest BCUT2D eigenvalue weighted by atomic mass is 10.1. The monoisotopic (exact) mass is 243 g/mol. The van der Waals surface area contributed by atoms with E-state index in [0.29, 0.717) is 0 Å². The van der Waals surface area contributed by atoms with E-state index in [1.54, 1.807) is 0 Å². The molecule has 0 bridgehead atoms. The maximum absolute atomic E-state index is 2.34. The highest BCUT2D eigenvalue weighted by atomic mass is 35.5. The van der Waals surface area contributed by atoms with Gasteiger partial charge >= 0.3 is 0 Å². The zero-order chi connectivity index (χ0) is 10.9. The number of halogens is 1. The summed E-state index contributed by atoms with van der Waals surface area (Å²) in [7, 11) is 0. The van der Waals surface area contributed by atoms with Crippen LogP contribution in [0.1, 0.15) is 57.9 Å². The van der Waals surface area contributed by atoms with Crippen LogP contribution < -0.4 is 0 Å². The maximum atomic E-state index is 2.34. The van der Waals surface area contributed by atoms with Gasteiger partial charge in [-0.15, -0.1) is 12.4 Å². The number of rotatable bonds is 8. The van der Waals surface area contributed by atoms with Crippen molar-refractivity contribution in [2.75, 3.05) is 0 Å². The minimum absolute atomic E-state index is 0. The summed E-state index contributed by atoms with van der Waals surface area (Å²) in [6.07, 6.45) is 13.9. The van der Waals surface area contributed by atoms with Crippen LogP contribution in [-0.2, 0) is 13.0 Å². The quantitative estimate of drug-likeness (QED) is 0.576. The molecular weight excluding hydrogens is 218 g/mol. The molecule has 0 aliphatic carbocycles. The summed E-state index contributed by atoms with van der Waals surface area (Å²) in [4.78, 5) is 0. The zero-order valence-corrected chi connectivity index (χ0v) is 11.6. The Kier molecular flexibility index (Phi) is 9.51. The molecule has 0 spiro atoms. The van der Waals surface area contributed by atoms with Crippen LogP contribution in [0.5, 0.6) is 0 Å². The minimum atomic E-state index is 0.